The van der Waals surface area contributed by atoms with Crippen LogP contribution >= 0.6 is 11.3 Å². The highest BCUT2D eigenvalue weighted by Gasteiger charge is 2.23. The van der Waals surface area contributed by atoms with Crippen LogP contribution in [-0.4, -0.2) is 16.3 Å². The third kappa shape index (κ3) is 2.68. The first kappa shape index (κ1) is 16.6. The summed E-state index contributed by atoms with van der Waals surface area (Å²) in [5.41, 5.74) is 2.10. The van der Waals surface area contributed by atoms with Crippen LogP contribution in [0.5, 0.6) is 11.5 Å². The average Bonchev–Trinajstić information content (AvgIpc) is 3.24. The summed E-state index contributed by atoms with van der Waals surface area (Å²) in [6.07, 6.45) is 4.39. The number of nitrogens with one attached hydrogen (secondary N) is 1. The molecule has 2 aliphatic rings. The Bertz CT molecular complexity index is 1100. The minimum Gasteiger partial charge on any atom is -0.454 e. The quantitative estimate of drug-likeness (QED) is 0.727. The lowest BCUT2D eigenvalue weighted by Crippen LogP contribution is -2.26. The number of rotatable bonds is 3. The van der Waals surface area contributed by atoms with Crippen LogP contribution in [0.25, 0.3) is 10.2 Å². The first-order valence-corrected chi connectivity index (χ1v) is 10.2. The molecule has 5 rings (SSSR count). The Morgan fingerprint density at radius 1 is 1.19 bits per heavy atom. The van der Waals surface area contributed by atoms with Crippen molar-refractivity contribution in [3.05, 3.63) is 39.0 Å². The standard InChI is InChI=1S/C20H21N3O3S/c1-11(2)23-19(24)17-13-5-3-4-6-16(13)27-18(17)22-20(23)21-12-7-8-14-15(9-12)26-10-25-14/h7-9,11H,3-6,10H2,1-2H3,(H,21,22). The van der Waals surface area contributed by atoms with Crippen molar-refractivity contribution in [3.8, 4) is 11.5 Å². The molecule has 1 N–H and O–H groups in total. The summed E-state index contributed by atoms with van der Waals surface area (Å²) in [6.45, 7) is 4.26. The van der Waals surface area contributed by atoms with E-state index in [-0.39, 0.29) is 18.4 Å². The fraction of sp³-hybridized carbons (Fsp3) is 0.400. The topological polar surface area (TPSA) is 65.4 Å². The van der Waals surface area contributed by atoms with Crippen LogP contribution < -0.4 is 20.3 Å². The third-order valence-electron chi connectivity index (χ3n) is 5.17. The lowest BCUT2D eigenvalue weighted by atomic mass is 9.97. The van der Waals surface area contributed by atoms with Crippen molar-refractivity contribution in [1.29, 1.82) is 0 Å². The van der Waals surface area contributed by atoms with E-state index in [0.29, 0.717) is 11.7 Å². The third-order valence-corrected chi connectivity index (χ3v) is 6.35. The predicted octanol–water partition coefficient (Wildman–Crippen LogP) is 4.39. The van der Waals surface area contributed by atoms with Gasteiger partial charge in [0.05, 0.1) is 5.39 Å². The van der Waals surface area contributed by atoms with E-state index in [4.69, 9.17) is 14.5 Å². The minimum absolute atomic E-state index is 0.00468. The van der Waals surface area contributed by atoms with E-state index in [1.807, 2.05) is 32.0 Å². The Morgan fingerprint density at radius 3 is 2.85 bits per heavy atom. The molecule has 3 aromatic rings. The highest BCUT2D eigenvalue weighted by atomic mass is 32.1. The molecule has 0 radical (unpaired) electrons. The van der Waals surface area contributed by atoms with E-state index in [0.717, 1.165) is 40.9 Å². The van der Waals surface area contributed by atoms with Gasteiger partial charge in [0, 0.05) is 22.7 Å². The first-order chi connectivity index (χ1) is 13.1. The van der Waals surface area contributed by atoms with Gasteiger partial charge in [0.15, 0.2) is 11.5 Å². The van der Waals surface area contributed by atoms with Gasteiger partial charge in [-0.05, 0) is 57.2 Å². The molecule has 0 amide bonds. The van der Waals surface area contributed by atoms with Crippen LogP contribution in [0.2, 0.25) is 0 Å². The number of aromatic nitrogens is 2. The Hall–Kier alpha value is -2.54. The van der Waals surface area contributed by atoms with Gasteiger partial charge in [0.2, 0.25) is 12.7 Å². The molecule has 3 heterocycles. The van der Waals surface area contributed by atoms with Crippen LogP contribution in [0.15, 0.2) is 23.0 Å². The Kier molecular flexibility index (Phi) is 3.86. The summed E-state index contributed by atoms with van der Waals surface area (Å²) >= 11 is 1.67. The van der Waals surface area contributed by atoms with E-state index < -0.39 is 0 Å². The van der Waals surface area contributed by atoms with Crippen LogP contribution in [0, 0.1) is 0 Å². The SMILES string of the molecule is CC(C)n1c(Nc2ccc3c(c2)OCO3)nc2sc3c(c2c1=O)CCCC3. The molecule has 0 atom stereocenters. The van der Waals surface area contributed by atoms with Gasteiger partial charge >= 0.3 is 0 Å². The van der Waals surface area contributed by atoms with Crippen LogP contribution in [-0.2, 0) is 12.8 Å². The molecular formula is C20H21N3O3S. The van der Waals surface area contributed by atoms with Gasteiger partial charge in [0.1, 0.15) is 4.83 Å². The molecule has 1 aromatic carbocycles. The molecule has 7 heteroatoms. The van der Waals surface area contributed by atoms with E-state index in [2.05, 4.69) is 5.32 Å². The fourth-order valence-corrected chi connectivity index (χ4v) is 5.14. The van der Waals surface area contributed by atoms with Crippen molar-refractivity contribution in [3.63, 3.8) is 0 Å². The Morgan fingerprint density at radius 2 is 2.00 bits per heavy atom. The smallest absolute Gasteiger partial charge is 0.264 e. The Labute approximate surface area is 160 Å². The molecule has 0 fully saturated rings. The zero-order chi connectivity index (χ0) is 18.5. The van der Waals surface area contributed by atoms with Gasteiger partial charge in [-0.25, -0.2) is 4.98 Å². The largest absolute Gasteiger partial charge is 0.454 e. The first-order valence-electron chi connectivity index (χ1n) is 9.35. The molecule has 0 saturated heterocycles. The van der Waals surface area contributed by atoms with Crippen molar-refractivity contribution in [2.75, 3.05) is 12.1 Å². The highest BCUT2D eigenvalue weighted by Crippen LogP contribution is 2.37. The second kappa shape index (κ2) is 6.27. The second-order valence-electron chi connectivity index (χ2n) is 7.29. The highest BCUT2D eigenvalue weighted by molar-refractivity contribution is 7.18. The maximum absolute atomic E-state index is 13.3. The number of nitrogens with zero attached hydrogens (tertiary/aromatic N) is 2. The molecule has 2 aromatic heterocycles. The van der Waals surface area contributed by atoms with Crippen molar-refractivity contribution in [2.45, 2.75) is 45.6 Å². The summed E-state index contributed by atoms with van der Waals surface area (Å²) < 4.78 is 12.6. The lowest BCUT2D eigenvalue weighted by molar-refractivity contribution is 0.174. The molecule has 0 saturated carbocycles. The molecule has 1 aliphatic heterocycles. The van der Waals surface area contributed by atoms with Crippen LogP contribution in [0.3, 0.4) is 0 Å². The summed E-state index contributed by atoms with van der Waals surface area (Å²) in [5, 5.41) is 4.14. The molecule has 0 unspecified atom stereocenters. The molecule has 6 nitrogen and oxygen atoms in total. The number of benzene rings is 1. The van der Waals surface area contributed by atoms with Gasteiger partial charge in [-0.2, -0.15) is 0 Å². The van der Waals surface area contributed by atoms with E-state index in [1.54, 1.807) is 15.9 Å². The van der Waals surface area contributed by atoms with Gasteiger partial charge in [0.25, 0.3) is 5.56 Å². The lowest BCUT2D eigenvalue weighted by Gasteiger charge is -2.17. The molecule has 1 aliphatic carbocycles. The summed E-state index contributed by atoms with van der Waals surface area (Å²) in [7, 11) is 0. The number of aryl methyl sites for hydroxylation is 2. The van der Waals surface area contributed by atoms with Gasteiger partial charge in [-0.1, -0.05) is 0 Å². The monoisotopic (exact) mass is 383 g/mol. The molecule has 0 bridgehead atoms. The number of hydrogen-bond donors (Lipinski definition) is 1. The van der Waals surface area contributed by atoms with E-state index in [1.165, 1.54) is 16.9 Å². The number of fused-ring (bicyclic) bond motifs is 4. The van der Waals surface area contributed by atoms with Gasteiger partial charge in [-0.15, -0.1) is 11.3 Å². The molecule has 0 spiro atoms. The maximum Gasteiger partial charge on any atom is 0.264 e. The summed E-state index contributed by atoms with van der Waals surface area (Å²) in [5.74, 6) is 2.00. The molecular weight excluding hydrogens is 362 g/mol. The average molecular weight is 383 g/mol. The van der Waals surface area contributed by atoms with Crippen molar-refractivity contribution >= 4 is 33.2 Å². The number of ether oxygens (including phenoxy) is 2. The normalized spacial score (nSPS) is 15.4. The van der Waals surface area contributed by atoms with Crippen LogP contribution in [0.4, 0.5) is 11.6 Å². The van der Waals surface area contributed by atoms with Gasteiger partial charge in [-0.3, -0.25) is 9.36 Å². The van der Waals surface area contributed by atoms with Crippen LogP contribution in [0.1, 0.15) is 43.2 Å². The zero-order valence-corrected chi connectivity index (χ0v) is 16.2. The Balaban J connectivity index is 1.65. The number of anilines is 2. The zero-order valence-electron chi connectivity index (χ0n) is 15.4. The maximum atomic E-state index is 13.3. The van der Waals surface area contributed by atoms with E-state index in [9.17, 15) is 4.79 Å². The number of thiophene rings is 1. The van der Waals surface area contributed by atoms with Crippen molar-refractivity contribution in [1.82, 2.24) is 9.55 Å². The van der Waals surface area contributed by atoms with Crippen molar-refractivity contribution in [2.24, 2.45) is 0 Å². The molecule has 27 heavy (non-hydrogen) atoms. The predicted molar refractivity (Wildman–Crippen MR) is 107 cm³/mol. The van der Waals surface area contributed by atoms with Gasteiger partial charge < -0.3 is 14.8 Å². The fourth-order valence-electron chi connectivity index (χ4n) is 3.89. The molecule has 140 valence electrons. The van der Waals surface area contributed by atoms with Crippen molar-refractivity contribution < 1.29 is 9.47 Å². The second-order valence-corrected chi connectivity index (χ2v) is 8.37. The van der Waals surface area contributed by atoms with E-state index >= 15 is 0 Å². The summed E-state index contributed by atoms with van der Waals surface area (Å²) in [6, 6.07) is 5.66. The number of hydrogen-bond acceptors (Lipinski definition) is 6. The summed E-state index contributed by atoms with van der Waals surface area (Å²) in [4.78, 5) is 20.4. The minimum atomic E-state index is 0.00468.